The molecule has 1 aromatic heterocycles. The molecule has 0 unspecified atom stereocenters. The Hall–Kier alpha value is -2.46. The van der Waals surface area contributed by atoms with Crippen molar-refractivity contribution >= 4 is 11.6 Å². The molecule has 1 heterocycles. The molecule has 0 atom stereocenters. The van der Waals surface area contributed by atoms with E-state index in [1.807, 2.05) is 45.0 Å². The molecule has 0 aliphatic carbocycles. The van der Waals surface area contributed by atoms with E-state index in [9.17, 15) is 0 Å². The summed E-state index contributed by atoms with van der Waals surface area (Å²) in [5.74, 6) is 0.719. The van der Waals surface area contributed by atoms with Crippen LogP contribution in [0, 0.1) is 13.8 Å². The summed E-state index contributed by atoms with van der Waals surface area (Å²) in [6.45, 7) is 6.03. The van der Waals surface area contributed by atoms with Crippen molar-refractivity contribution in [1.29, 1.82) is 0 Å². The highest BCUT2D eigenvalue weighted by Gasteiger charge is 2.11. The summed E-state index contributed by atoms with van der Waals surface area (Å²) in [6.07, 6.45) is 5.09. The summed E-state index contributed by atoms with van der Waals surface area (Å²) >= 11 is 0. The SMILES string of the molecule is CC/C(N)=C(\Cc1ccc(/C=C/CO)cc1)c1nc(C)cc(C)n1. The Labute approximate surface area is 143 Å². The van der Waals surface area contributed by atoms with Gasteiger partial charge in [0.1, 0.15) is 0 Å². The summed E-state index contributed by atoms with van der Waals surface area (Å²) < 4.78 is 0. The van der Waals surface area contributed by atoms with Crippen LogP contribution in [0.15, 0.2) is 42.1 Å². The van der Waals surface area contributed by atoms with Crippen LogP contribution in [-0.4, -0.2) is 21.7 Å². The van der Waals surface area contributed by atoms with Gasteiger partial charge in [-0.25, -0.2) is 9.97 Å². The van der Waals surface area contributed by atoms with Gasteiger partial charge in [-0.1, -0.05) is 43.3 Å². The Balaban J connectivity index is 2.32. The lowest BCUT2D eigenvalue weighted by Crippen LogP contribution is -2.08. The van der Waals surface area contributed by atoms with Crippen LogP contribution in [0.2, 0.25) is 0 Å². The zero-order valence-corrected chi connectivity index (χ0v) is 14.6. The van der Waals surface area contributed by atoms with Crippen molar-refractivity contribution in [3.63, 3.8) is 0 Å². The van der Waals surface area contributed by atoms with Gasteiger partial charge in [0.25, 0.3) is 0 Å². The molecule has 0 saturated heterocycles. The number of hydrogen-bond acceptors (Lipinski definition) is 4. The second kappa shape index (κ2) is 8.41. The third-order valence-corrected chi connectivity index (χ3v) is 3.80. The van der Waals surface area contributed by atoms with Crippen LogP contribution in [0.25, 0.3) is 11.6 Å². The van der Waals surface area contributed by atoms with Gasteiger partial charge in [0.2, 0.25) is 0 Å². The first-order valence-corrected chi connectivity index (χ1v) is 8.20. The molecule has 2 aromatic rings. The second-order valence-corrected chi connectivity index (χ2v) is 5.83. The number of aliphatic hydroxyl groups excluding tert-OH is 1. The number of benzene rings is 1. The van der Waals surface area contributed by atoms with Gasteiger partial charge in [0.05, 0.1) is 6.61 Å². The normalized spacial score (nSPS) is 12.5. The predicted octanol–water partition coefficient (Wildman–Crippen LogP) is 3.42. The van der Waals surface area contributed by atoms with E-state index in [0.717, 1.165) is 46.0 Å². The highest BCUT2D eigenvalue weighted by Crippen LogP contribution is 2.21. The number of aromatic nitrogens is 2. The number of rotatable bonds is 6. The monoisotopic (exact) mass is 323 g/mol. The molecule has 1 aromatic carbocycles. The van der Waals surface area contributed by atoms with Gasteiger partial charge >= 0.3 is 0 Å². The van der Waals surface area contributed by atoms with Crippen LogP contribution in [0.1, 0.15) is 41.7 Å². The van der Waals surface area contributed by atoms with Gasteiger partial charge < -0.3 is 10.8 Å². The molecule has 4 nitrogen and oxygen atoms in total. The Morgan fingerprint density at radius 1 is 1.12 bits per heavy atom. The third kappa shape index (κ3) is 4.77. The first-order chi connectivity index (χ1) is 11.5. The van der Waals surface area contributed by atoms with Crippen LogP contribution in [-0.2, 0) is 6.42 Å². The zero-order chi connectivity index (χ0) is 17.5. The lowest BCUT2D eigenvalue weighted by molar-refractivity contribution is 0.343. The first kappa shape index (κ1) is 17.9. The molecule has 0 saturated carbocycles. The Kier molecular flexibility index (Phi) is 6.27. The van der Waals surface area contributed by atoms with Crippen LogP contribution in [0.3, 0.4) is 0 Å². The summed E-state index contributed by atoms with van der Waals surface area (Å²) in [5.41, 5.74) is 12.2. The average molecular weight is 323 g/mol. The lowest BCUT2D eigenvalue weighted by Gasteiger charge is -2.12. The van der Waals surface area contributed by atoms with E-state index in [0.29, 0.717) is 6.42 Å². The first-order valence-electron chi connectivity index (χ1n) is 8.20. The van der Waals surface area contributed by atoms with Crippen molar-refractivity contribution < 1.29 is 5.11 Å². The largest absolute Gasteiger partial charge is 0.402 e. The highest BCUT2D eigenvalue weighted by atomic mass is 16.2. The van der Waals surface area contributed by atoms with Gasteiger partial charge in [0.15, 0.2) is 5.82 Å². The molecule has 0 amide bonds. The zero-order valence-electron chi connectivity index (χ0n) is 14.6. The van der Waals surface area contributed by atoms with Crippen molar-refractivity contribution in [3.05, 3.63) is 70.4 Å². The predicted molar refractivity (Wildman–Crippen MR) is 99.2 cm³/mol. The molecule has 2 rings (SSSR count). The number of allylic oxidation sites excluding steroid dienone is 2. The minimum absolute atomic E-state index is 0.0473. The standard InChI is InChI=1S/C20H25N3O/c1-4-19(21)18(20-22-14(2)12-15(3)23-20)13-17-9-7-16(8-10-17)6-5-11-24/h5-10,12,24H,4,11,13,21H2,1-3H3/b6-5+,19-18-. The van der Waals surface area contributed by atoms with E-state index in [1.54, 1.807) is 6.08 Å². The van der Waals surface area contributed by atoms with Gasteiger partial charge in [-0.15, -0.1) is 0 Å². The third-order valence-electron chi connectivity index (χ3n) is 3.80. The Morgan fingerprint density at radius 3 is 2.29 bits per heavy atom. The van der Waals surface area contributed by atoms with Crippen molar-refractivity contribution in [2.75, 3.05) is 6.61 Å². The van der Waals surface area contributed by atoms with Gasteiger partial charge in [0, 0.05) is 29.1 Å². The molecule has 0 fully saturated rings. The maximum atomic E-state index is 8.84. The maximum Gasteiger partial charge on any atom is 0.157 e. The molecule has 0 spiro atoms. The van der Waals surface area contributed by atoms with E-state index >= 15 is 0 Å². The summed E-state index contributed by atoms with van der Waals surface area (Å²) in [7, 11) is 0. The van der Waals surface area contributed by atoms with Gasteiger partial charge in [-0.2, -0.15) is 0 Å². The van der Waals surface area contributed by atoms with Crippen LogP contribution >= 0.6 is 0 Å². The molecule has 3 N–H and O–H groups in total. The highest BCUT2D eigenvalue weighted by molar-refractivity contribution is 5.66. The van der Waals surface area contributed by atoms with E-state index in [-0.39, 0.29) is 6.61 Å². The number of aliphatic hydroxyl groups is 1. The van der Waals surface area contributed by atoms with Crippen LogP contribution in [0.5, 0.6) is 0 Å². The van der Waals surface area contributed by atoms with Crippen molar-refractivity contribution in [2.24, 2.45) is 5.73 Å². The fourth-order valence-corrected chi connectivity index (χ4v) is 2.55. The smallest absolute Gasteiger partial charge is 0.157 e. The minimum Gasteiger partial charge on any atom is -0.402 e. The molecule has 0 aliphatic rings. The molecular formula is C20H25N3O. The molecule has 126 valence electrons. The van der Waals surface area contributed by atoms with Crippen molar-refractivity contribution in [2.45, 2.75) is 33.6 Å². The van der Waals surface area contributed by atoms with E-state index in [4.69, 9.17) is 10.8 Å². The van der Waals surface area contributed by atoms with E-state index in [1.165, 1.54) is 0 Å². The average Bonchev–Trinajstić information content (AvgIpc) is 2.57. The summed E-state index contributed by atoms with van der Waals surface area (Å²) in [6, 6.07) is 10.2. The van der Waals surface area contributed by atoms with E-state index < -0.39 is 0 Å². The number of nitrogens with two attached hydrogens (primary N) is 1. The van der Waals surface area contributed by atoms with Crippen molar-refractivity contribution in [3.8, 4) is 0 Å². The molecule has 0 aliphatic heterocycles. The Morgan fingerprint density at radius 2 is 1.75 bits per heavy atom. The molecule has 0 bridgehead atoms. The fourth-order valence-electron chi connectivity index (χ4n) is 2.55. The lowest BCUT2D eigenvalue weighted by atomic mass is 10.00. The minimum atomic E-state index is 0.0473. The van der Waals surface area contributed by atoms with E-state index in [2.05, 4.69) is 22.1 Å². The molecule has 24 heavy (non-hydrogen) atoms. The summed E-state index contributed by atoms with van der Waals surface area (Å²) in [4.78, 5) is 9.14. The van der Waals surface area contributed by atoms with Gasteiger partial charge in [-0.05, 0) is 37.5 Å². The molecular weight excluding hydrogens is 298 g/mol. The second-order valence-electron chi connectivity index (χ2n) is 5.83. The fraction of sp³-hybridized carbons (Fsp3) is 0.300. The van der Waals surface area contributed by atoms with Crippen molar-refractivity contribution in [1.82, 2.24) is 9.97 Å². The number of aryl methyl sites for hydroxylation is 2. The number of nitrogens with zero attached hydrogens (tertiary/aromatic N) is 2. The number of hydrogen-bond donors (Lipinski definition) is 2. The summed E-state index contributed by atoms with van der Waals surface area (Å²) in [5, 5.41) is 8.84. The van der Waals surface area contributed by atoms with Gasteiger partial charge in [-0.3, -0.25) is 0 Å². The maximum absolute atomic E-state index is 8.84. The molecule has 4 heteroatoms. The molecule has 0 radical (unpaired) electrons. The topological polar surface area (TPSA) is 72.0 Å². The quantitative estimate of drug-likeness (QED) is 0.854. The Bertz CT molecular complexity index is 726. The van der Waals surface area contributed by atoms with Crippen LogP contribution in [0.4, 0.5) is 0 Å². The van der Waals surface area contributed by atoms with Crippen LogP contribution < -0.4 is 5.73 Å².